The summed E-state index contributed by atoms with van der Waals surface area (Å²) in [5.41, 5.74) is 5.84. The Morgan fingerprint density at radius 2 is 1.77 bits per heavy atom. The van der Waals surface area contributed by atoms with Crippen LogP contribution >= 0.6 is 24.0 Å². The Labute approximate surface area is 142 Å². The first-order chi connectivity index (χ1) is 9.86. The summed E-state index contributed by atoms with van der Waals surface area (Å²) in [7, 11) is 0. The molecule has 0 saturated carbocycles. The van der Waals surface area contributed by atoms with Crippen LogP contribution in [0.4, 0.5) is 0 Å². The topological polar surface area (TPSA) is 84.2 Å². The zero-order valence-electron chi connectivity index (χ0n) is 12.9. The van der Waals surface area contributed by atoms with Gasteiger partial charge in [0.1, 0.15) is 6.04 Å². The van der Waals surface area contributed by atoms with Crippen molar-refractivity contribution in [2.45, 2.75) is 32.9 Å². The van der Waals surface area contributed by atoms with Gasteiger partial charge < -0.3 is 16.4 Å². The smallest absolute Gasteiger partial charge is 0.253 e. The van der Waals surface area contributed by atoms with Crippen LogP contribution in [0.5, 0.6) is 0 Å². The lowest BCUT2D eigenvalue weighted by Crippen LogP contribution is -2.52. The second-order valence-corrected chi connectivity index (χ2v) is 5.73. The highest BCUT2D eigenvalue weighted by Gasteiger charge is 2.25. The van der Waals surface area contributed by atoms with Crippen molar-refractivity contribution in [1.29, 1.82) is 0 Å². The van der Waals surface area contributed by atoms with Crippen LogP contribution in [-0.2, 0) is 4.79 Å². The highest BCUT2D eigenvalue weighted by atomic mass is 35.5. The second-order valence-electron chi connectivity index (χ2n) is 5.32. The van der Waals surface area contributed by atoms with Gasteiger partial charge in [-0.1, -0.05) is 37.6 Å². The zero-order chi connectivity index (χ0) is 16.0. The quantitative estimate of drug-likeness (QED) is 0.735. The Balaban J connectivity index is 0.00000441. The number of hydrogen-bond donors (Lipinski definition) is 3. The molecule has 0 radical (unpaired) electrons. The fourth-order valence-corrected chi connectivity index (χ4v) is 2.01. The van der Waals surface area contributed by atoms with Gasteiger partial charge in [-0.25, -0.2) is 0 Å². The van der Waals surface area contributed by atoms with Crippen molar-refractivity contribution in [2.24, 2.45) is 11.7 Å². The first kappa shape index (κ1) is 20.7. The molecule has 0 bridgehead atoms. The van der Waals surface area contributed by atoms with E-state index in [1.165, 1.54) is 0 Å². The van der Waals surface area contributed by atoms with Gasteiger partial charge in [-0.05, 0) is 25.0 Å². The number of halogens is 2. The van der Waals surface area contributed by atoms with E-state index in [0.29, 0.717) is 17.1 Å². The molecule has 0 fully saturated rings. The zero-order valence-corrected chi connectivity index (χ0v) is 14.5. The van der Waals surface area contributed by atoms with Gasteiger partial charge in [0.2, 0.25) is 5.91 Å². The standard InChI is InChI=1S/C15H22ClN3O2.ClH/c1-9(2)13(15(21)18-10(3)8-17)19-14(20)11-6-4-5-7-12(11)16;/h4-7,9-10,13H,8,17H2,1-3H3,(H,18,21)(H,19,20);1H/t10-,13?;/m0./s1. The maximum absolute atomic E-state index is 12.2. The Hall–Kier alpha value is -1.30. The fourth-order valence-electron chi connectivity index (χ4n) is 1.79. The molecule has 1 aromatic rings. The fraction of sp³-hybridized carbons (Fsp3) is 0.467. The molecule has 0 aromatic heterocycles. The molecule has 7 heteroatoms. The largest absolute Gasteiger partial charge is 0.351 e. The van der Waals surface area contributed by atoms with Gasteiger partial charge in [0, 0.05) is 12.6 Å². The number of carbonyl (C=O) groups is 2. The molecule has 124 valence electrons. The summed E-state index contributed by atoms with van der Waals surface area (Å²) in [6.45, 7) is 5.88. The average Bonchev–Trinajstić information content (AvgIpc) is 2.44. The van der Waals surface area contributed by atoms with Crippen LogP contribution in [0.15, 0.2) is 24.3 Å². The minimum atomic E-state index is -0.636. The van der Waals surface area contributed by atoms with Gasteiger partial charge in [0.05, 0.1) is 10.6 Å². The normalized spacial score (nSPS) is 13.0. The molecule has 0 spiro atoms. The number of hydrogen-bond acceptors (Lipinski definition) is 3. The SMILES string of the molecule is CC(C)C(NC(=O)c1ccccc1Cl)C(=O)N[C@@H](C)CN.Cl. The lowest BCUT2D eigenvalue weighted by molar-refractivity contribution is -0.124. The molecule has 0 aliphatic carbocycles. The van der Waals surface area contributed by atoms with Crippen LogP contribution in [0.25, 0.3) is 0 Å². The van der Waals surface area contributed by atoms with E-state index in [2.05, 4.69) is 10.6 Å². The molecule has 1 unspecified atom stereocenters. The first-order valence-electron chi connectivity index (χ1n) is 6.92. The lowest BCUT2D eigenvalue weighted by Gasteiger charge is -2.23. The van der Waals surface area contributed by atoms with Crippen molar-refractivity contribution in [3.63, 3.8) is 0 Å². The minimum Gasteiger partial charge on any atom is -0.351 e. The summed E-state index contributed by atoms with van der Waals surface area (Å²) in [4.78, 5) is 24.4. The molecular weight excluding hydrogens is 325 g/mol. The third kappa shape index (κ3) is 5.83. The summed E-state index contributed by atoms with van der Waals surface area (Å²) in [6.07, 6.45) is 0. The molecule has 1 aromatic carbocycles. The van der Waals surface area contributed by atoms with Gasteiger partial charge in [0.25, 0.3) is 5.91 Å². The molecule has 0 aliphatic rings. The molecular formula is C15H23Cl2N3O2. The van der Waals surface area contributed by atoms with Crippen molar-refractivity contribution in [3.8, 4) is 0 Å². The summed E-state index contributed by atoms with van der Waals surface area (Å²) in [5, 5.41) is 5.85. The van der Waals surface area contributed by atoms with E-state index in [-0.39, 0.29) is 36.2 Å². The van der Waals surface area contributed by atoms with E-state index >= 15 is 0 Å². The number of rotatable bonds is 6. The van der Waals surface area contributed by atoms with Crippen molar-refractivity contribution in [3.05, 3.63) is 34.9 Å². The predicted octanol–water partition coefficient (Wildman–Crippen LogP) is 1.98. The van der Waals surface area contributed by atoms with Crippen LogP contribution in [0.3, 0.4) is 0 Å². The van der Waals surface area contributed by atoms with Crippen LogP contribution in [0.2, 0.25) is 5.02 Å². The van der Waals surface area contributed by atoms with Gasteiger partial charge in [-0.15, -0.1) is 12.4 Å². The molecule has 0 heterocycles. The Morgan fingerprint density at radius 3 is 2.27 bits per heavy atom. The number of benzene rings is 1. The molecule has 2 amide bonds. The first-order valence-corrected chi connectivity index (χ1v) is 7.30. The Bertz CT molecular complexity index is 509. The third-order valence-corrected chi connectivity index (χ3v) is 3.43. The van der Waals surface area contributed by atoms with Crippen molar-refractivity contribution in [2.75, 3.05) is 6.54 Å². The minimum absolute atomic E-state index is 0. The number of amides is 2. The molecule has 22 heavy (non-hydrogen) atoms. The summed E-state index contributed by atoms with van der Waals surface area (Å²) in [5.74, 6) is -0.667. The molecule has 4 N–H and O–H groups in total. The highest BCUT2D eigenvalue weighted by molar-refractivity contribution is 6.33. The summed E-state index contributed by atoms with van der Waals surface area (Å²) < 4.78 is 0. The number of nitrogens with two attached hydrogens (primary N) is 1. The van der Waals surface area contributed by atoms with Crippen LogP contribution < -0.4 is 16.4 Å². The molecule has 2 atom stereocenters. The molecule has 5 nitrogen and oxygen atoms in total. The summed E-state index contributed by atoms with van der Waals surface area (Å²) in [6, 6.07) is 5.95. The maximum atomic E-state index is 12.2. The van der Waals surface area contributed by atoms with Crippen molar-refractivity contribution in [1.82, 2.24) is 10.6 Å². The number of nitrogens with one attached hydrogen (secondary N) is 2. The van der Waals surface area contributed by atoms with Gasteiger partial charge in [-0.2, -0.15) is 0 Å². The lowest BCUT2D eigenvalue weighted by atomic mass is 10.0. The third-order valence-electron chi connectivity index (χ3n) is 3.10. The molecule has 0 aliphatic heterocycles. The highest BCUT2D eigenvalue weighted by Crippen LogP contribution is 2.15. The second kappa shape index (κ2) is 9.66. The Morgan fingerprint density at radius 1 is 1.18 bits per heavy atom. The molecule has 0 saturated heterocycles. The van der Waals surface area contributed by atoms with Gasteiger partial charge in [0.15, 0.2) is 0 Å². The van der Waals surface area contributed by atoms with Gasteiger partial charge in [-0.3, -0.25) is 9.59 Å². The monoisotopic (exact) mass is 347 g/mol. The molecule has 1 rings (SSSR count). The van der Waals surface area contributed by atoms with Crippen LogP contribution in [0, 0.1) is 5.92 Å². The van der Waals surface area contributed by atoms with Crippen molar-refractivity contribution < 1.29 is 9.59 Å². The van der Waals surface area contributed by atoms with E-state index in [4.69, 9.17) is 17.3 Å². The maximum Gasteiger partial charge on any atom is 0.253 e. The van der Waals surface area contributed by atoms with Crippen molar-refractivity contribution >= 4 is 35.8 Å². The van der Waals surface area contributed by atoms with E-state index < -0.39 is 6.04 Å². The Kier molecular flexibility index (Phi) is 9.09. The van der Waals surface area contributed by atoms with Crippen LogP contribution in [-0.4, -0.2) is 30.4 Å². The van der Waals surface area contributed by atoms with E-state index in [1.54, 1.807) is 24.3 Å². The number of carbonyl (C=O) groups excluding carboxylic acids is 2. The summed E-state index contributed by atoms with van der Waals surface area (Å²) >= 11 is 5.99. The van der Waals surface area contributed by atoms with E-state index in [9.17, 15) is 9.59 Å². The average molecular weight is 348 g/mol. The van der Waals surface area contributed by atoms with Gasteiger partial charge >= 0.3 is 0 Å². The van der Waals surface area contributed by atoms with Crippen LogP contribution in [0.1, 0.15) is 31.1 Å². The van der Waals surface area contributed by atoms with E-state index in [0.717, 1.165) is 0 Å². The predicted molar refractivity (Wildman–Crippen MR) is 91.5 cm³/mol. The van der Waals surface area contributed by atoms with E-state index in [1.807, 2.05) is 20.8 Å².